The van der Waals surface area contributed by atoms with Crippen LogP contribution in [0.4, 0.5) is 5.69 Å². The summed E-state index contributed by atoms with van der Waals surface area (Å²) in [6.07, 6.45) is 0.153. The number of aryl methyl sites for hydroxylation is 3. The molecule has 0 saturated carbocycles. The van der Waals surface area contributed by atoms with Gasteiger partial charge in [0, 0.05) is 28.3 Å². The molecule has 142 valence electrons. The number of amides is 1. The molecule has 0 unspecified atom stereocenters. The quantitative estimate of drug-likeness (QED) is 0.729. The first-order chi connectivity index (χ1) is 13.3. The van der Waals surface area contributed by atoms with E-state index in [4.69, 9.17) is 16.9 Å². The van der Waals surface area contributed by atoms with Crippen LogP contribution in [-0.4, -0.2) is 25.7 Å². The average Bonchev–Trinajstić information content (AvgIpc) is 2.89. The van der Waals surface area contributed by atoms with Gasteiger partial charge in [-0.05, 0) is 52.0 Å². The summed E-state index contributed by atoms with van der Waals surface area (Å²) in [6, 6.07) is 8.67. The standard InChI is InChI=1S/C20H19ClN6O/c1-11-7-12(2)24-20(23-11)27-14(4)17(13(3)26-27)9-19(28)25-16-6-5-15(10-22)18(21)8-16/h5-8H,9H2,1-4H3,(H,25,28). The maximum Gasteiger partial charge on any atom is 0.251 e. The van der Waals surface area contributed by atoms with E-state index in [1.165, 1.54) is 0 Å². The van der Waals surface area contributed by atoms with Crippen LogP contribution < -0.4 is 5.32 Å². The van der Waals surface area contributed by atoms with E-state index in [0.717, 1.165) is 28.3 Å². The molecule has 7 nitrogen and oxygen atoms in total. The summed E-state index contributed by atoms with van der Waals surface area (Å²) in [6.45, 7) is 7.55. The zero-order chi connectivity index (χ0) is 20.4. The number of anilines is 1. The van der Waals surface area contributed by atoms with Gasteiger partial charge in [-0.3, -0.25) is 4.79 Å². The maximum atomic E-state index is 12.5. The highest BCUT2D eigenvalue weighted by molar-refractivity contribution is 6.32. The van der Waals surface area contributed by atoms with E-state index in [2.05, 4.69) is 20.4 Å². The minimum atomic E-state index is -0.201. The van der Waals surface area contributed by atoms with Gasteiger partial charge in [-0.2, -0.15) is 10.4 Å². The van der Waals surface area contributed by atoms with Gasteiger partial charge >= 0.3 is 0 Å². The van der Waals surface area contributed by atoms with Crippen molar-refractivity contribution in [1.82, 2.24) is 19.7 Å². The lowest BCUT2D eigenvalue weighted by molar-refractivity contribution is -0.115. The van der Waals surface area contributed by atoms with Crippen LogP contribution >= 0.6 is 11.6 Å². The van der Waals surface area contributed by atoms with Crippen molar-refractivity contribution < 1.29 is 4.79 Å². The summed E-state index contributed by atoms with van der Waals surface area (Å²) in [5.74, 6) is 0.288. The van der Waals surface area contributed by atoms with Gasteiger partial charge in [0.05, 0.1) is 22.7 Å². The van der Waals surface area contributed by atoms with E-state index in [1.54, 1.807) is 22.9 Å². The molecule has 0 aliphatic carbocycles. The molecule has 0 bridgehead atoms. The first-order valence-electron chi connectivity index (χ1n) is 8.65. The number of halogens is 1. The molecule has 1 aromatic carbocycles. The van der Waals surface area contributed by atoms with Crippen LogP contribution in [0.5, 0.6) is 0 Å². The van der Waals surface area contributed by atoms with E-state index < -0.39 is 0 Å². The van der Waals surface area contributed by atoms with Gasteiger partial charge in [0.1, 0.15) is 6.07 Å². The highest BCUT2D eigenvalue weighted by Crippen LogP contribution is 2.21. The maximum absolute atomic E-state index is 12.5. The normalized spacial score (nSPS) is 10.6. The number of hydrogen-bond acceptors (Lipinski definition) is 5. The molecule has 0 radical (unpaired) electrons. The Hall–Kier alpha value is -3.24. The van der Waals surface area contributed by atoms with Gasteiger partial charge in [0.15, 0.2) is 0 Å². The van der Waals surface area contributed by atoms with Crippen molar-refractivity contribution in [3.63, 3.8) is 0 Å². The van der Waals surface area contributed by atoms with Gasteiger partial charge in [0.25, 0.3) is 5.95 Å². The molecule has 1 amide bonds. The predicted octanol–water partition coefficient (Wildman–Crippen LogP) is 3.60. The topological polar surface area (TPSA) is 96.5 Å². The number of rotatable bonds is 4. The predicted molar refractivity (Wildman–Crippen MR) is 107 cm³/mol. The second-order valence-corrected chi connectivity index (χ2v) is 6.95. The molecular formula is C20H19ClN6O. The number of hydrogen-bond donors (Lipinski definition) is 1. The molecule has 2 aromatic heterocycles. The Morgan fingerprint density at radius 3 is 2.46 bits per heavy atom. The van der Waals surface area contributed by atoms with Crippen LogP contribution in [0.15, 0.2) is 24.3 Å². The molecule has 0 spiro atoms. The summed E-state index contributed by atoms with van der Waals surface area (Å²) in [5.41, 5.74) is 4.98. The van der Waals surface area contributed by atoms with Gasteiger partial charge in [0.2, 0.25) is 5.91 Å². The third-order valence-electron chi connectivity index (χ3n) is 4.31. The SMILES string of the molecule is Cc1cc(C)nc(-n2nc(C)c(CC(=O)Nc3ccc(C#N)c(Cl)c3)c2C)n1. The van der Waals surface area contributed by atoms with Crippen molar-refractivity contribution in [3.05, 3.63) is 63.2 Å². The first kappa shape index (κ1) is 19.5. The molecule has 3 aromatic rings. The van der Waals surface area contributed by atoms with Crippen molar-refractivity contribution in [2.45, 2.75) is 34.1 Å². The Balaban J connectivity index is 1.83. The van der Waals surface area contributed by atoms with Crippen LogP contribution in [0.2, 0.25) is 5.02 Å². The fourth-order valence-corrected chi connectivity index (χ4v) is 3.20. The van der Waals surface area contributed by atoms with E-state index in [1.807, 2.05) is 39.8 Å². The van der Waals surface area contributed by atoms with E-state index in [-0.39, 0.29) is 12.3 Å². The summed E-state index contributed by atoms with van der Waals surface area (Å²) < 4.78 is 1.66. The smallest absolute Gasteiger partial charge is 0.251 e. The molecule has 2 heterocycles. The number of benzene rings is 1. The van der Waals surface area contributed by atoms with Gasteiger partial charge in [-0.25, -0.2) is 14.6 Å². The third kappa shape index (κ3) is 4.02. The minimum Gasteiger partial charge on any atom is -0.326 e. The Morgan fingerprint density at radius 1 is 1.18 bits per heavy atom. The number of nitrogens with zero attached hydrogens (tertiary/aromatic N) is 5. The lowest BCUT2D eigenvalue weighted by Gasteiger charge is -2.08. The summed E-state index contributed by atoms with van der Waals surface area (Å²) in [4.78, 5) is 21.4. The largest absolute Gasteiger partial charge is 0.326 e. The zero-order valence-corrected chi connectivity index (χ0v) is 16.8. The molecule has 0 aliphatic rings. The van der Waals surface area contributed by atoms with Crippen LogP contribution in [0.25, 0.3) is 5.95 Å². The minimum absolute atomic E-state index is 0.153. The van der Waals surface area contributed by atoms with Crippen LogP contribution in [-0.2, 0) is 11.2 Å². The molecule has 3 rings (SSSR count). The molecule has 1 N–H and O–H groups in total. The second kappa shape index (κ2) is 7.79. The lowest BCUT2D eigenvalue weighted by Crippen LogP contribution is -2.15. The van der Waals surface area contributed by atoms with E-state index >= 15 is 0 Å². The monoisotopic (exact) mass is 394 g/mol. The fourth-order valence-electron chi connectivity index (χ4n) is 2.98. The van der Waals surface area contributed by atoms with Crippen molar-refractivity contribution in [2.24, 2.45) is 0 Å². The van der Waals surface area contributed by atoms with Crippen LogP contribution in [0.3, 0.4) is 0 Å². The molecule has 0 saturated heterocycles. The number of nitriles is 1. The van der Waals surface area contributed by atoms with Gasteiger partial charge < -0.3 is 5.32 Å². The third-order valence-corrected chi connectivity index (χ3v) is 4.62. The average molecular weight is 395 g/mol. The number of nitrogens with one attached hydrogen (secondary N) is 1. The molecule has 0 aliphatic heterocycles. The molecular weight excluding hydrogens is 376 g/mol. The Labute approximate surface area is 168 Å². The van der Waals surface area contributed by atoms with Crippen molar-refractivity contribution in [2.75, 3.05) is 5.32 Å². The van der Waals surface area contributed by atoms with Crippen LogP contribution in [0.1, 0.15) is 33.9 Å². The Morgan fingerprint density at radius 2 is 1.86 bits per heavy atom. The van der Waals surface area contributed by atoms with Gasteiger partial charge in [-0.15, -0.1) is 0 Å². The first-order valence-corrected chi connectivity index (χ1v) is 9.03. The zero-order valence-electron chi connectivity index (χ0n) is 16.0. The van der Waals surface area contributed by atoms with E-state index in [0.29, 0.717) is 22.2 Å². The summed E-state index contributed by atoms with van der Waals surface area (Å²) in [5, 5.41) is 16.6. The fraction of sp³-hybridized carbons (Fsp3) is 0.250. The number of aromatic nitrogens is 4. The highest BCUT2D eigenvalue weighted by Gasteiger charge is 2.18. The van der Waals surface area contributed by atoms with Crippen molar-refractivity contribution in [3.8, 4) is 12.0 Å². The second-order valence-electron chi connectivity index (χ2n) is 6.54. The van der Waals surface area contributed by atoms with E-state index in [9.17, 15) is 4.79 Å². The van der Waals surface area contributed by atoms with Crippen molar-refractivity contribution >= 4 is 23.2 Å². The number of carbonyl (C=O) groups excluding carboxylic acids is 1. The molecule has 0 atom stereocenters. The van der Waals surface area contributed by atoms with Crippen LogP contribution in [0, 0.1) is 39.0 Å². The number of carbonyl (C=O) groups is 1. The summed E-state index contributed by atoms with van der Waals surface area (Å²) >= 11 is 6.02. The molecule has 28 heavy (non-hydrogen) atoms. The summed E-state index contributed by atoms with van der Waals surface area (Å²) in [7, 11) is 0. The highest BCUT2D eigenvalue weighted by atomic mass is 35.5. The van der Waals surface area contributed by atoms with Crippen molar-refractivity contribution in [1.29, 1.82) is 5.26 Å². The Bertz CT molecular complexity index is 1090. The lowest BCUT2D eigenvalue weighted by atomic mass is 10.1. The molecule has 0 fully saturated rings. The van der Waals surface area contributed by atoms with Gasteiger partial charge in [-0.1, -0.05) is 11.6 Å². The molecule has 8 heteroatoms. The Kier molecular flexibility index (Phi) is 5.43.